The fraction of sp³-hybridized carbons (Fsp3) is 0.292. The second kappa shape index (κ2) is 9.54. The van der Waals surface area contributed by atoms with Crippen molar-refractivity contribution in [2.75, 3.05) is 24.8 Å². The van der Waals surface area contributed by atoms with Gasteiger partial charge in [-0.15, -0.1) is 11.3 Å². The minimum Gasteiger partial charge on any atom is -0.497 e. The molecule has 9 heteroatoms. The smallest absolute Gasteiger partial charge is 0.272 e. The SMILES string of the molecule is COc1cccc(NC(=O)CSc2nc3c(sc4ccccc43)c(=O)n2CC2CCCO2)c1. The van der Waals surface area contributed by atoms with Gasteiger partial charge >= 0.3 is 0 Å². The van der Waals surface area contributed by atoms with Crippen LogP contribution in [0.3, 0.4) is 0 Å². The number of hydrogen-bond acceptors (Lipinski definition) is 7. The quantitative estimate of drug-likeness (QED) is 0.309. The molecule has 1 atom stereocenters. The maximum atomic E-state index is 13.5. The molecule has 0 aliphatic carbocycles. The number of carbonyl (C=O) groups is 1. The molecule has 5 rings (SSSR count). The molecule has 3 heterocycles. The molecule has 2 aromatic heterocycles. The number of amides is 1. The minimum absolute atomic E-state index is 0.0127. The number of thioether (sulfide) groups is 1. The predicted molar refractivity (Wildman–Crippen MR) is 133 cm³/mol. The van der Waals surface area contributed by atoms with E-state index in [1.807, 2.05) is 36.4 Å². The first-order valence-corrected chi connectivity index (χ1v) is 12.5. The average molecular weight is 482 g/mol. The molecule has 33 heavy (non-hydrogen) atoms. The van der Waals surface area contributed by atoms with Gasteiger partial charge in [-0.3, -0.25) is 14.2 Å². The van der Waals surface area contributed by atoms with Crippen LogP contribution >= 0.6 is 23.1 Å². The van der Waals surface area contributed by atoms with Gasteiger partial charge in [0.25, 0.3) is 5.56 Å². The summed E-state index contributed by atoms with van der Waals surface area (Å²) in [5.74, 6) is 0.617. The van der Waals surface area contributed by atoms with Crippen LogP contribution in [0.2, 0.25) is 0 Å². The Morgan fingerprint density at radius 1 is 1.30 bits per heavy atom. The van der Waals surface area contributed by atoms with Gasteiger partial charge in [0.15, 0.2) is 5.16 Å². The van der Waals surface area contributed by atoms with Crippen LogP contribution in [-0.2, 0) is 16.1 Å². The highest BCUT2D eigenvalue weighted by Crippen LogP contribution is 2.32. The molecule has 1 amide bonds. The first-order chi connectivity index (χ1) is 16.1. The maximum absolute atomic E-state index is 13.5. The molecule has 1 N–H and O–H groups in total. The molecule has 0 bridgehead atoms. The third kappa shape index (κ3) is 4.62. The van der Waals surface area contributed by atoms with Crippen molar-refractivity contribution in [3.05, 3.63) is 58.9 Å². The van der Waals surface area contributed by atoms with Gasteiger partial charge in [0.2, 0.25) is 5.91 Å². The van der Waals surface area contributed by atoms with Gasteiger partial charge in [-0.25, -0.2) is 4.98 Å². The molecule has 170 valence electrons. The van der Waals surface area contributed by atoms with Gasteiger partial charge in [0.05, 0.1) is 31.0 Å². The number of thiophene rings is 1. The Labute approximate surface area is 198 Å². The molecule has 0 saturated carbocycles. The molecule has 7 nitrogen and oxygen atoms in total. The Balaban J connectivity index is 1.45. The van der Waals surface area contributed by atoms with Crippen molar-refractivity contribution >= 4 is 55.0 Å². The largest absolute Gasteiger partial charge is 0.497 e. The van der Waals surface area contributed by atoms with Crippen LogP contribution in [-0.4, -0.2) is 41.0 Å². The van der Waals surface area contributed by atoms with Crippen molar-refractivity contribution in [1.29, 1.82) is 0 Å². The summed E-state index contributed by atoms with van der Waals surface area (Å²) in [7, 11) is 1.58. The Morgan fingerprint density at radius 2 is 2.18 bits per heavy atom. The molecule has 1 aliphatic heterocycles. The number of fused-ring (bicyclic) bond motifs is 3. The Morgan fingerprint density at radius 3 is 3.00 bits per heavy atom. The number of anilines is 1. The van der Waals surface area contributed by atoms with Crippen LogP contribution in [0.25, 0.3) is 20.3 Å². The Kier molecular flexibility index (Phi) is 6.34. The number of benzene rings is 2. The lowest BCUT2D eigenvalue weighted by Gasteiger charge is -2.15. The van der Waals surface area contributed by atoms with E-state index in [1.165, 1.54) is 23.1 Å². The zero-order valence-electron chi connectivity index (χ0n) is 18.1. The monoisotopic (exact) mass is 481 g/mol. The van der Waals surface area contributed by atoms with E-state index in [4.69, 9.17) is 14.5 Å². The molecule has 1 unspecified atom stereocenters. The molecule has 0 radical (unpaired) electrons. The van der Waals surface area contributed by atoms with Crippen molar-refractivity contribution in [3.8, 4) is 5.75 Å². The van der Waals surface area contributed by atoms with Crippen LogP contribution in [0.15, 0.2) is 58.5 Å². The molecular weight excluding hydrogens is 458 g/mol. The number of methoxy groups -OCH3 is 1. The van der Waals surface area contributed by atoms with Crippen LogP contribution < -0.4 is 15.6 Å². The third-order valence-corrected chi connectivity index (χ3v) is 7.67. The topological polar surface area (TPSA) is 82.5 Å². The lowest BCUT2D eigenvalue weighted by Crippen LogP contribution is -2.28. The normalized spacial score (nSPS) is 15.8. The molecule has 0 spiro atoms. The van der Waals surface area contributed by atoms with Crippen LogP contribution in [0, 0.1) is 0 Å². The highest BCUT2D eigenvalue weighted by atomic mass is 32.2. The number of nitrogens with one attached hydrogen (secondary N) is 1. The second-order valence-corrected chi connectivity index (χ2v) is 9.78. The first kappa shape index (κ1) is 21.9. The number of aromatic nitrogens is 2. The van der Waals surface area contributed by atoms with E-state index >= 15 is 0 Å². The van der Waals surface area contributed by atoms with Gasteiger partial charge in [-0.1, -0.05) is 36.0 Å². The number of hydrogen-bond donors (Lipinski definition) is 1. The summed E-state index contributed by atoms with van der Waals surface area (Å²) in [4.78, 5) is 31.0. The summed E-state index contributed by atoms with van der Waals surface area (Å²) in [5, 5.41) is 4.37. The zero-order chi connectivity index (χ0) is 22.8. The van der Waals surface area contributed by atoms with Gasteiger partial charge in [0.1, 0.15) is 10.4 Å². The van der Waals surface area contributed by atoms with Crippen molar-refractivity contribution < 1.29 is 14.3 Å². The fourth-order valence-corrected chi connectivity index (χ4v) is 5.84. The first-order valence-electron chi connectivity index (χ1n) is 10.7. The highest BCUT2D eigenvalue weighted by molar-refractivity contribution is 7.99. The fourth-order valence-electron chi connectivity index (χ4n) is 3.94. The van der Waals surface area contributed by atoms with Crippen molar-refractivity contribution in [3.63, 3.8) is 0 Å². The predicted octanol–water partition coefficient (Wildman–Crippen LogP) is 4.53. The zero-order valence-corrected chi connectivity index (χ0v) is 19.7. The Bertz CT molecular complexity index is 1380. The van der Waals surface area contributed by atoms with E-state index in [1.54, 1.807) is 23.8 Å². The van der Waals surface area contributed by atoms with E-state index in [-0.39, 0.29) is 23.3 Å². The van der Waals surface area contributed by atoms with Gasteiger partial charge in [0, 0.05) is 28.4 Å². The van der Waals surface area contributed by atoms with Crippen LogP contribution in [0.4, 0.5) is 5.69 Å². The van der Waals surface area contributed by atoms with E-state index in [9.17, 15) is 9.59 Å². The van der Waals surface area contributed by atoms with Gasteiger partial charge in [-0.05, 0) is 31.0 Å². The summed E-state index contributed by atoms with van der Waals surface area (Å²) >= 11 is 2.73. The molecule has 4 aromatic rings. The minimum atomic E-state index is -0.179. The standard InChI is InChI=1S/C24H23N3O4S2/c1-30-16-7-4-6-15(12-16)25-20(28)14-32-24-26-21-18-9-2-3-10-19(18)33-22(21)23(29)27(24)13-17-8-5-11-31-17/h2-4,6-7,9-10,12,17H,5,8,11,13-14H2,1H3,(H,25,28). The maximum Gasteiger partial charge on any atom is 0.272 e. The number of rotatable bonds is 7. The van der Waals surface area contributed by atoms with Crippen molar-refractivity contribution in [2.24, 2.45) is 0 Å². The highest BCUT2D eigenvalue weighted by Gasteiger charge is 2.22. The van der Waals surface area contributed by atoms with Gasteiger partial charge < -0.3 is 14.8 Å². The van der Waals surface area contributed by atoms with Crippen LogP contribution in [0.5, 0.6) is 5.75 Å². The van der Waals surface area contributed by atoms with E-state index in [2.05, 4.69) is 5.32 Å². The Hall–Kier alpha value is -2.88. The average Bonchev–Trinajstić information content (AvgIpc) is 3.48. The molecule has 2 aromatic carbocycles. The third-order valence-electron chi connectivity index (χ3n) is 5.54. The van der Waals surface area contributed by atoms with Crippen molar-refractivity contribution in [2.45, 2.75) is 30.6 Å². The number of ether oxygens (including phenoxy) is 2. The van der Waals surface area contributed by atoms with Crippen LogP contribution in [0.1, 0.15) is 12.8 Å². The summed E-state index contributed by atoms with van der Waals surface area (Å²) in [6.45, 7) is 1.15. The van der Waals surface area contributed by atoms with E-state index < -0.39 is 0 Å². The van der Waals surface area contributed by atoms with E-state index in [0.717, 1.165) is 22.9 Å². The van der Waals surface area contributed by atoms with Crippen molar-refractivity contribution in [1.82, 2.24) is 9.55 Å². The summed E-state index contributed by atoms with van der Waals surface area (Å²) in [6, 6.07) is 15.1. The number of carbonyl (C=O) groups excluding carboxylic acids is 1. The summed E-state index contributed by atoms with van der Waals surface area (Å²) in [5.41, 5.74) is 1.27. The lowest BCUT2D eigenvalue weighted by molar-refractivity contribution is -0.113. The molecule has 1 aliphatic rings. The molecular formula is C24H23N3O4S2. The summed E-state index contributed by atoms with van der Waals surface area (Å²) in [6.07, 6.45) is 1.89. The lowest BCUT2D eigenvalue weighted by atomic mass is 10.2. The van der Waals surface area contributed by atoms with Gasteiger partial charge in [-0.2, -0.15) is 0 Å². The molecule has 1 saturated heterocycles. The second-order valence-electron chi connectivity index (χ2n) is 7.79. The number of nitrogens with zero attached hydrogens (tertiary/aromatic N) is 2. The molecule has 1 fully saturated rings. The van der Waals surface area contributed by atoms with E-state index in [0.29, 0.717) is 40.0 Å². The summed E-state index contributed by atoms with van der Waals surface area (Å²) < 4.78 is 14.3.